The second-order valence-electron chi connectivity index (χ2n) is 2.17. The van der Waals surface area contributed by atoms with Crippen molar-refractivity contribution in [3.05, 3.63) is 23.8 Å². The minimum absolute atomic E-state index is 0.192. The normalized spacial score (nSPS) is 9.64. The van der Waals surface area contributed by atoms with Gasteiger partial charge in [-0.15, -0.1) is 0 Å². The van der Waals surface area contributed by atoms with Crippen molar-refractivity contribution in [2.45, 2.75) is 6.92 Å². The van der Waals surface area contributed by atoms with Gasteiger partial charge < -0.3 is 9.94 Å². The van der Waals surface area contributed by atoms with Gasteiger partial charge in [0.1, 0.15) is 5.75 Å². The lowest BCUT2D eigenvalue weighted by atomic mass is 10.2. The van der Waals surface area contributed by atoms with E-state index in [1.54, 1.807) is 19.1 Å². The molecule has 4 N–H and O–H groups in total. The van der Waals surface area contributed by atoms with Gasteiger partial charge in [-0.05, 0) is 18.6 Å². The number of hydrazine groups is 1. The number of aryl methyl sites for hydroxylation is 1. The molecule has 0 fully saturated rings. The minimum Gasteiger partial charge on any atom is -0.508 e. The van der Waals surface area contributed by atoms with Gasteiger partial charge in [0.15, 0.2) is 5.75 Å². The van der Waals surface area contributed by atoms with Crippen LogP contribution in [0.2, 0.25) is 0 Å². The molecule has 0 saturated carbocycles. The summed E-state index contributed by atoms with van der Waals surface area (Å²) in [5.41, 5.74) is 2.82. The Labute approximate surface area is 64.5 Å². The molecule has 4 nitrogen and oxygen atoms in total. The number of phenolic OH excluding ortho intramolecular Hbond substituents is 1. The third-order valence-electron chi connectivity index (χ3n) is 1.36. The van der Waals surface area contributed by atoms with Crippen molar-refractivity contribution in [3.8, 4) is 11.5 Å². The molecule has 0 aliphatic heterocycles. The van der Waals surface area contributed by atoms with E-state index in [0.29, 0.717) is 5.75 Å². The van der Waals surface area contributed by atoms with E-state index in [1.807, 2.05) is 5.59 Å². The predicted octanol–water partition coefficient (Wildman–Crippen LogP) is 0.458. The van der Waals surface area contributed by atoms with Crippen molar-refractivity contribution in [3.63, 3.8) is 0 Å². The van der Waals surface area contributed by atoms with Gasteiger partial charge >= 0.3 is 0 Å². The molecule has 1 aromatic carbocycles. The summed E-state index contributed by atoms with van der Waals surface area (Å²) in [7, 11) is 0. The van der Waals surface area contributed by atoms with E-state index in [0.717, 1.165) is 5.56 Å². The van der Waals surface area contributed by atoms with Gasteiger partial charge in [0.25, 0.3) is 0 Å². The molecule has 1 rings (SSSR count). The Morgan fingerprint density at radius 3 is 2.82 bits per heavy atom. The Kier molecular flexibility index (Phi) is 2.30. The molecule has 0 atom stereocenters. The number of hydrogen-bond acceptors (Lipinski definition) is 4. The molecule has 0 saturated heterocycles. The monoisotopic (exact) mass is 154 g/mol. The van der Waals surface area contributed by atoms with Crippen molar-refractivity contribution in [2.75, 3.05) is 0 Å². The molecule has 1 aromatic rings. The average Bonchev–Trinajstić information content (AvgIpc) is 1.98. The van der Waals surface area contributed by atoms with Crippen LogP contribution < -0.4 is 16.3 Å². The summed E-state index contributed by atoms with van der Waals surface area (Å²) >= 11 is 0. The molecule has 0 heterocycles. The lowest BCUT2D eigenvalue weighted by molar-refractivity contribution is 0.198. The number of rotatable bonds is 2. The molecule has 0 unspecified atom stereocenters. The first-order valence-corrected chi connectivity index (χ1v) is 3.16. The molecule has 0 radical (unpaired) electrons. The fourth-order valence-electron chi connectivity index (χ4n) is 0.721. The molecular weight excluding hydrogens is 144 g/mol. The van der Waals surface area contributed by atoms with Gasteiger partial charge in [0.05, 0.1) is 0 Å². The van der Waals surface area contributed by atoms with Gasteiger partial charge in [-0.2, -0.15) is 0 Å². The van der Waals surface area contributed by atoms with Crippen LogP contribution in [0.15, 0.2) is 18.2 Å². The van der Waals surface area contributed by atoms with Crippen molar-refractivity contribution >= 4 is 0 Å². The first-order chi connectivity index (χ1) is 5.24. The third-order valence-corrected chi connectivity index (χ3v) is 1.36. The van der Waals surface area contributed by atoms with Gasteiger partial charge in [-0.1, -0.05) is 11.7 Å². The van der Waals surface area contributed by atoms with E-state index in [9.17, 15) is 5.11 Å². The first-order valence-electron chi connectivity index (χ1n) is 3.16. The van der Waals surface area contributed by atoms with Crippen molar-refractivity contribution in [1.82, 2.24) is 5.59 Å². The number of nitrogens with one attached hydrogen (secondary N) is 1. The fourth-order valence-corrected chi connectivity index (χ4v) is 0.721. The van der Waals surface area contributed by atoms with Crippen LogP contribution in [-0.2, 0) is 0 Å². The number of phenols is 1. The predicted molar refractivity (Wildman–Crippen MR) is 40.8 cm³/mol. The van der Waals surface area contributed by atoms with Crippen molar-refractivity contribution in [1.29, 1.82) is 0 Å². The van der Waals surface area contributed by atoms with E-state index in [1.165, 1.54) is 6.07 Å². The highest BCUT2D eigenvalue weighted by molar-refractivity contribution is 5.38. The van der Waals surface area contributed by atoms with Crippen LogP contribution in [0.5, 0.6) is 11.5 Å². The Morgan fingerprint density at radius 1 is 1.55 bits per heavy atom. The zero-order valence-corrected chi connectivity index (χ0v) is 6.16. The van der Waals surface area contributed by atoms with Gasteiger partial charge in [0.2, 0.25) is 0 Å². The number of benzene rings is 1. The molecule has 0 amide bonds. The van der Waals surface area contributed by atoms with Gasteiger partial charge in [-0.25, -0.2) is 5.84 Å². The highest BCUT2D eigenvalue weighted by atomic mass is 16.7. The maximum absolute atomic E-state index is 9.18. The van der Waals surface area contributed by atoms with E-state index >= 15 is 0 Å². The molecule has 0 aliphatic rings. The zero-order valence-electron chi connectivity index (χ0n) is 6.16. The quantitative estimate of drug-likeness (QED) is 0.427. The fraction of sp³-hybridized carbons (Fsp3) is 0.143. The number of nitrogens with two attached hydrogens (primary N) is 1. The lowest BCUT2D eigenvalue weighted by Crippen LogP contribution is -2.25. The van der Waals surface area contributed by atoms with Crippen LogP contribution in [0.1, 0.15) is 5.56 Å². The van der Waals surface area contributed by atoms with Gasteiger partial charge in [0, 0.05) is 6.07 Å². The van der Waals surface area contributed by atoms with Crippen LogP contribution in [0.3, 0.4) is 0 Å². The molecule has 60 valence electrons. The number of aromatic hydroxyl groups is 1. The highest BCUT2D eigenvalue weighted by Gasteiger charge is 1.97. The van der Waals surface area contributed by atoms with Crippen LogP contribution in [0.4, 0.5) is 0 Å². The largest absolute Gasteiger partial charge is 0.508 e. The Morgan fingerprint density at radius 2 is 2.27 bits per heavy atom. The van der Waals surface area contributed by atoms with Crippen molar-refractivity contribution in [2.24, 2.45) is 5.84 Å². The smallest absolute Gasteiger partial charge is 0.152 e. The molecule has 0 aliphatic carbocycles. The summed E-state index contributed by atoms with van der Waals surface area (Å²) in [6.07, 6.45) is 0. The van der Waals surface area contributed by atoms with Crippen LogP contribution in [-0.4, -0.2) is 5.11 Å². The van der Waals surface area contributed by atoms with Crippen LogP contribution in [0, 0.1) is 6.92 Å². The number of hydrogen-bond donors (Lipinski definition) is 3. The topological polar surface area (TPSA) is 67.5 Å². The minimum atomic E-state index is 0.192. The molecule has 4 heteroatoms. The summed E-state index contributed by atoms with van der Waals surface area (Å²) in [5.74, 6) is 5.57. The second-order valence-corrected chi connectivity index (χ2v) is 2.17. The summed E-state index contributed by atoms with van der Waals surface area (Å²) in [4.78, 5) is 4.71. The zero-order chi connectivity index (χ0) is 8.27. The summed E-state index contributed by atoms with van der Waals surface area (Å²) in [6, 6.07) is 4.92. The summed E-state index contributed by atoms with van der Waals surface area (Å²) in [6.45, 7) is 1.80. The average molecular weight is 154 g/mol. The molecule has 0 bridgehead atoms. The Bertz CT molecular complexity index is 250. The molecule has 0 spiro atoms. The Hall–Kier alpha value is -1.26. The van der Waals surface area contributed by atoms with E-state index in [2.05, 4.69) is 0 Å². The molecular formula is C7H10N2O2. The standard InChI is InChI=1S/C7H10N2O2/c1-5-2-3-6(11-9-8)4-7(5)10/h2-4,9-10H,8H2,1H3. The SMILES string of the molecule is Cc1ccc(ONN)cc1O. The molecule has 11 heavy (non-hydrogen) atoms. The van der Waals surface area contributed by atoms with Crippen molar-refractivity contribution < 1.29 is 9.94 Å². The summed E-state index contributed by atoms with van der Waals surface area (Å²) < 4.78 is 0. The van der Waals surface area contributed by atoms with E-state index in [4.69, 9.17) is 10.7 Å². The second kappa shape index (κ2) is 3.23. The molecule has 0 aromatic heterocycles. The van der Waals surface area contributed by atoms with Crippen LogP contribution >= 0.6 is 0 Å². The lowest BCUT2D eigenvalue weighted by Gasteiger charge is -2.03. The van der Waals surface area contributed by atoms with E-state index in [-0.39, 0.29) is 5.75 Å². The summed E-state index contributed by atoms with van der Waals surface area (Å²) in [5, 5.41) is 9.18. The first kappa shape index (κ1) is 7.84. The third kappa shape index (κ3) is 1.83. The Balaban J connectivity index is 2.86. The van der Waals surface area contributed by atoms with Crippen LogP contribution in [0.25, 0.3) is 0 Å². The highest BCUT2D eigenvalue weighted by Crippen LogP contribution is 2.21. The maximum Gasteiger partial charge on any atom is 0.152 e. The van der Waals surface area contributed by atoms with Gasteiger partial charge in [-0.3, -0.25) is 0 Å². The van der Waals surface area contributed by atoms with E-state index < -0.39 is 0 Å². The maximum atomic E-state index is 9.18.